The standard InChI is InChI=1S/C35H30ClN5O2.C24H25ClN4O2.C22H21ClN4O2.C15H19ClN4O2.C9H6O.Li.H2O/c1-3-24-9-11-25(12-10-24)22-40-19-17-29(18-20-40)41-34-31(23(2)39-41)32(36)30(21-37-34)35(43)38-28-15-13-27(14-16-28)33(42)26-7-5-4-6-8-26;1-4-17-6-8-18(9-7-17)15-28-12-10-19(11-13-28)29-23-21(16(3)27-29)22(25)20(14-26-23)24(30)31-5-2;1-3-15-4-6-16(7-5-15)13-26-10-8-17(9-11-26)27-21-19(14(2)25-27)20(23)18(12-24-21)22(28)29;1-3-22-15(21)11-8-18-14-12(13(11)16)9(2)19-20(14)10-4-6-17-7-5-10;1-2-8-3-5-9(7-10)6-4-8;;/h1,4-16,21,29H,17-20,22H2,2H3,(H,38,43);1,6-9,14,19H,5,10-13,15H2,2-3H3;1,4-7,12,17H,8-11,13H2,2H3,(H,28,29);8,10,17H,3-7H2,1-2H3;1,3-7H;;1H2/q;;;;;+1;/p-1. The molecule has 0 aliphatic carbocycles. The number of esters is 2. The molecule has 4 fully saturated rings. The van der Waals surface area contributed by atoms with Gasteiger partial charge in [0.25, 0.3) is 5.91 Å². The molecule has 1 amide bonds. The van der Waals surface area contributed by atoms with Gasteiger partial charge in [-0.05, 0) is 195 Å². The van der Waals surface area contributed by atoms with Crippen LogP contribution in [0.15, 0.2) is 176 Å². The number of ketones is 1. The van der Waals surface area contributed by atoms with Gasteiger partial charge in [-0.3, -0.25) is 29.1 Å². The fourth-order valence-electron chi connectivity index (χ4n) is 17.2. The number of ether oxygens (including phenoxy) is 2. The Morgan fingerprint density at radius 1 is 0.431 bits per heavy atom. The van der Waals surface area contributed by atoms with Crippen LogP contribution >= 0.6 is 46.4 Å². The molecule has 4 aliphatic heterocycles. The Hall–Kier alpha value is -13.2. The summed E-state index contributed by atoms with van der Waals surface area (Å²) in [6, 6.07) is 48.1. The van der Waals surface area contributed by atoms with E-state index in [1.165, 1.54) is 41.5 Å². The second-order valence-electron chi connectivity index (χ2n) is 33.2. The number of hydrogen-bond donors (Lipinski definition) is 3. The molecule has 0 spiro atoms. The van der Waals surface area contributed by atoms with Gasteiger partial charge in [-0.2, -0.15) is 20.4 Å². The first-order valence-electron chi connectivity index (χ1n) is 44.7. The van der Waals surface area contributed by atoms with E-state index in [4.69, 9.17) is 91.8 Å². The smallest absolute Gasteiger partial charge is 0.870 e. The molecule has 137 heavy (non-hydrogen) atoms. The molecule has 0 bridgehead atoms. The molecule has 27 nitrogen and oxygen atoms in total. The molecule has 0 atom stereocenters. The van der Waals surface area contributed by atoms with Crippen LogP contribution in [0.3, 0.4) is 0 Å². The van der Waals surface area contributed by atoms with Gasteiger partial charge in [0.2, 0.25) is 0 Å². The molecule has 18 rings (SSSR count). The minimum Gasteiger partial charge on any atom is -0.870 e. The summed E-state index contributed by atoms with van der Waals surface area (Å²) in [5.74, 6) is 7.97. The fraction of sp³-hybridized carbons (Fsp3) is 0.295. The van der Waals surface area contributed by atoms with Crippen molar-refractivity contribution in [2.75, 3.05) is 70.9 Å². The molecule has 32 heteroatoms. The molecule has 4 saturated heterocycles. The number of nitrogens with one attached hydrogen (secondary N) is 2. The molecule has 4 aliphatic rings. The number of aromatic carboxylic acids is 1. The SMILES string of the molecule is C#Cc1ccc(C=O)cc1.C#Cc1ccc(CN2CCC(n3nc(C)c4c(Cl)c(C(=O)Nc5ccc(C(=O)c6ccccc6)cc5)cnc43)CC2)cc1.C#Cc1ccc(CN2CCC(n3nc(C)c4c(Cl)c(C(=O)O)cnc43)CC2)cc1.C#Cc1ccc(CN2CCC(n3nc(C)c4c(Cl)c(C(=O)OCC)cnc43)CC2)cc1.CCOC(=O)c1cnc2c(c(C)nn2C2CCNCC2)c1Cl.[Li+].[OH-]. The van der Waals surface area contributed by atoms with Crippen molar-refractivity contribution in [3.05, 3.63) is 297 Å². The first-order valence-corrected chi connectivity index (χ1v) is 46.2. The Kier molecular flexibility index (Phi) is 36.0. The van der Waals surface area contributed by atoms with E-state index in [1.54, 1.807) is 74.5 Å². The van der Waals surface area contributed by atoms with Crippen molar-refractivity contribution in [3.63, 3.8) is 0 Å². The summed E-state index contributed by atoms with van der Waals surface area (Å²) < 4.78 is 17.9. The zero-order valence-electron chi connectivity index (χ0n) is 77.2. The molecule has 0 unspecified atom stereocenters. The number of carbonyl (C=O) groups is 6. The summed E-state index contributed by atoms with van der Waals surface area (Å²) in [7, 11) is 0. The first kappa shape index (κ1) is 103. The molecule has 6 aromatic carbocycles. The molecule has 0 saturated carbocycles. The number of amides is 1. The number of aryl methyl sites for hydroxylation is 4. The van der Waals surface area contributed by atoms with Crippen molar-refractivity contribution in [3.8, 4) is 49.4 Å². The number of aldehydes is 1. The molecule has 14 aromatic rings. The number of halogens is 4. The second kappa shape index (κ2) is 48.0. The van der Waals surface area contributed by atoms with E-state index >= 15 is 0 Å². The zero-order chi connectivity index (χ0) is 95.5. The molecule has 12 heterocycles. The maximum Gasteiger partial charge on any atom is 1.00 e. The molecular weight excluding hydrogens is 1810 g/mol. The van der Waals surface area contributed by atoms with Crippen LogP contribution in [0.25, 0.3) is 44.1 Å². The van der Waals surface area contributed by atoms with Gasteiger partial charge in [-0.15, -0.1) is 25.7 Å². The van der Waals surface area contributed by atoms with E-state index in [1.807, 2.05) is 101 Å². The van der Waals surface area contributed by atoms with Crippen molar-refractivity contribution in [2.24, 2.45) is 0 Å². The summed E-state index contributed by atoms with van der Waals surface area (Å²) in [4.78, 5) is 96.8. The number of fused-ring (bicyclic) bond motifs is 4. The number of carboxylic acids is 1. The number of anilines is 1. The predicted octanol–water partition coefficient (Wildman–Crippen LogP) is 15.8. The Bertz CT molecular complexity index is 6850. The maximum absolute atomic E-state index is 13.2. The third-order valence-corrected chi connectivity index (χ3v) is 26.0. The van der Waals surface area contributed by atoms with Crippen molar-refractivity contribution in [2.45, 2.75) is 137 Å². The number of rotatable bonds is 20. The quantitative estimate of drug-likeness (QED) is 0.0210. The summed E-state index contributed by atoms with van der Waals surface area (Å²) in [6.45, 7) is 22.0. The number of carbonyl (C=O) groups excluding carboxylic acids is 5. The molecular formula is C105H102Cl4LiN17O10. The largest absolute Gasteiger partial charge is 1.00 e. The van der Waals surface area contributed by atoms with E-state index in [0.717, 1.165) is 191 Å². The zero-order valence-corrected chi connectivity index (χ0v) is 80.2. The molecule has 4 N–H and O–H groups in total. The number of pyridine rings is 4. The summed E-state index contributed by atoms with van der Waals surface area (Å²) in [6.07, 6.45) is 35.8. The van der Waals surface area contributed by atoms with Crippen LogP contribution in [-0.2, 0) is 29.1 Å². The molecule has 0 radical (unpaired) electrons. The van der Waals surface area contributed by atoms with Crippen molar-refractivity contribution >= 4 is 132 Å². The monoisotopic (exact) mass is 1910 g/mol. The summed E-state index contributed by atoms with van der Waals surface area (Å²) in [5.41, 5.74) is 16.3. The van der Waals surface area contributed by atoms with Crippen LogP contribution in [0, 0.1) is 77.1 Å². The number of piperidine rings is 4. The fourth-order valence-corrected chi connectivity index (χ4v) is 18.6. The predicted molar refractivity (Wildman–Crippen MR) is 529 cm³/mol. The average Bonchev–Trinajstić information content (AvgIpc) is 1.64. The number of nitrogens with zero attached hydrogens (tertiary/aromatic N) is 15. The number of aromatic nitrogens is 12. The minimum atomic E-state index is -1.08. The van der Waals surface area contributed by atoms with E-state index in [0.29, 0.717) is 83.4 Å². The number of benzene rings is 6. The normalized spacial score (nSPS) is 14.3. The van der Waals surface area contributed by atoms with Gasteiger partial charge in [0.15, 0.2) is 28.4 Å². The van der Waals surface area contributed by atoms with Crippen LogP contribution in [0.1, 0.15) is 219 Å². The van der Waals surface area contributed by atoms with Crippen molar-refractivity contribution < 1.29 is 67.7 Å². The average molecular weight is 1910 g/mol. The van der Waals surface area contributed by atoms with Crippen molar-refractivity contribution in [1.82, 2.24) is 79.1 Å². The van der Waals surface area contributed by atoms with Crippen LogP contribution in [0.5, 0.6) is 0 Å². The Morgan fingerprint density at radius 2 is 0.730 bits per heavy atom. The molecule has 8 aromatic heterocycles. The first-order chi connectivity index (χ1) is 65.4. The van der Waals surface area contributed by atoms with Crippen molar-refractivity contribution in [1.29, 1.82) is 0 Å². The molecule has 696 valence electrons. The number of carboxylic acid groups (broad SMARTS) is 1. The third-order valence-electron chi connectivity index (χ3n) is 24.4. The topological polar surface area (TPSA) is 328 Å². The third kappa shape index (κ3) is 24.4. The summed E-state index contributed by atoms with van der Waals surface area (Å²) >= 11 is 26.1. The van der Waals surface area contributed by atoms with Gasteiger partial charge in [0, 0.05) is 128 Å². The van der Waals surface area contributed by atoms with Gasteiger partial charge in [0.05, 0.1) is 124 Å². The Balaban J connectivity index is 0.000000161. The summed E-state index contributed by atoms with van der Waals surface area (Å²) in [5, 5.41) is 38.3. The second-order valence-corrected chi connectivity index (χ2v) is 34.8. The van der Waals surface area contributed by atoms with Gasteiger partial charge in [0.1, 0.15) is 6.29 Å². The van der Waals surface area contributed by atoms with E-state index in [-0.39, 0.29) is 82.5 Å². The van der Waals surface area contributed by atoms with Crippen LogP contribution in [0.2, 0.25) is 20.1 Å². The van der Waals surface area contributed by atoms with Gasteiger partial charge in [-0.1, -0.05) is 149 Å². The van der Waals surface area contributed by atoms with Gasteiger partial charge < -0.3 is 30.7 Å². The van der Waals surface area contributed by atoms with Gasteiger partial charge in [-0.25, -0.2) is 53.0 Å². The maximum atomic E-state index is 13.2. The van der Waals surface area contributed by atoms with E-state index in [9.17, 15) is 33.9 Å². The van der Waals surface area contributed by atoms with Crippen LogP contribution in [-0.4, -0.2) is 186 Å². The number of likely N-dealkylation sites (tertiary alicyclic amines) is 3. The Labute approximate surface area is 827 Å². The van der Waals surface area contributed by atoms with Gasteiger partial charge >= 0.3 is 36.8 Å². The van der Waals surface area contributed by atoms with Crippen LogP contribution < -0.4 is 29.5 Å². The number of hydrogen-bond acceptors (Lipinski definition) is 21. The van der Waals surface area contributed by atoms with E-state index < -0.39 is 17.9 Å². The van der Waals surface area contributed by atoms with E-state index in [2.05, 4.69) is 116 Å². The van der Waals surface area contributed by atoms with Crippen LogP contribution in [0.4, 0.5) is 5.69 Å². The number of terminal acetylenes is 4. The minimum absolute atomic E-state index is 0. The Morgan fingerprint density at radius 3 is 1.05 bits per heavy atom.